The first-order chi connectivity index (χ1) is 17.4. The SMILES string of the molecule is O=C1NCc2c(-c3ccc(F)cc3Cl)cc(C3CCN(CCO)CC3)cc2N1c1c(Cl)cccc1Cl. The lowest BCUT2D eigenvalue weighted by atomic mass is 9.84. The molecule has 5 nitrogen and oxygen atoms in total. The molecule has 3 aromatic carbocycles. The van der Waals surface area contributed by atoms with Gasteiger partial charge in [0.1, 0.15) is 5.82 Å². The number of piperidine rings is 1. The predicted molar refractivity (Wildman–Crippen MR) is 143 cm³/mol. The molecule has 2 aliphatic rings. The van der Waals surface area contributed by atoms with Crippen LogP contribution in [0.4, 0.5) is 20.6 Å². The van der Waals surface area contributed by atoms with E-state index in [4.69, 9.17) is 34.8 Å². The van der Waals surface area contributed by atoms with Crippen LogP contribution >= 0.6 is 34.8 Å². The van der Waals surface area contributed by atoms with Gasteiger partial charge in [0.15, 0.2) is 0 Å². The van der Waals surface area contributed by atoms with Gasteiger partial charge >= 0.3 is 6.03 Å². The molecule has 1 fully saturated rings. The Hall–Kier alpha value is -2.35. The zero-order valence-electron chi connectivity index (χ0n) is 19.4. The maximum Gasteiger partial charge on any atom is 0.326 e. The van der Waals surface area contributed by atoms with Crippen LogP contribution in [-0.2, 0) is 6.54 Å². The number of nitrogens with one attached hydrogen (secondary N) is 1. The van der Waals surface area contributed by atoms with Crippen LogP contribution in [0.3, 0.4) is 0 Å². The zero-order valence-corrected chi connectivity index (χ0v) is 21.7. The van der Waals surface area contributed by atoms with Gasteiger partial charge in [-0.25, -0.2) is 9.18 Å². The number of aliphatic hydroxyl groups excluding tert-OH is 1. The quantitative estimate of drug-likeness (QED) is 0.361. The van der Waals surface area contributed by atoms with Gasteiger partial charge in [-0.3, -0.25) is 4.90 Å². The highest BCUT2D eigenvalue weighted by Crippen LogP contribution is 2.46. The van der Waals surface area contributed by atoms with E-state index >= 15 is 0 Å². The molecule has 2 N–H and O–H groups in total. The molecule has 0 aromatic heterocycles. The fraction of sp³-hybridized carbons (Fsp3) is 0.296. The van der Waals surface area contributed by atoms with Crippen molar-refractivity contribution in [1.82, 2.24) is 10.2 Å². The Morgan fingerprint density at radius 2 is 1.69 bits per heavy atom. The summed E-state index contributed by atoms with van der Waals surface area (Å²) in [5, 5.41) is 13.2. The number of β-amino-alcohol motifs (C(OH)–C–C–N with tert-alkyl or cyclic N) is 1. The Bertz CT molecular complexity index is 1290. The highest BCUT2D eigenvalue weighted by atomic mass is 35.5. The number of para-hydroxylation sites is 1. The van der Waals surface area contributed by atoms with Crippen LogP contribution in [0.15, 0.2) is 48.5 Å². The van der Waals surface area contributed by atoms with E-state index in [-0.39, 0.29) is 25.1 Å². The number of anilines is 2. The number of carbonyl (C=O) groups excluding carboxylic acids is 1. The van der Waals surface area contributed by atoms with Crippen LogP contribution in [0.5, 0.6) is 0 Å². The smallest absolute Gasteiger partial charge is 0.326 e. The number of aliphatic hydroxyl groups is 1. The van der Waals surface area contributed by atoms with Crippen molar-refractivity contribution >= 4 is 52.2 Å². The van der Waals surface area contributed by atoms with Crippen LogP contribution in [0, 0.1) is 5.82 Å². The molecule has 9 heteroatoms. The number of amides is 2. The number of likely N-dealkylation sites (tertiary alicyclic amines) is 1. The van der Waals surface area contributed by atoms with Crippen molar-refractivity contribution in [2.45, 2.75) is 25.3 Å². The minimum Gasteiger partial charge on any atom is -0.395 e. The minimum absolute atomic E-state index is 0.138. The summed E-state index contributed by atoms with van der Waals surface area (Å²) in [6.45, 7) is 2.82. The molecule has 2 amide bonds. The lowest BCUT2D eigenvalue weighted by Crippen LogP contribution is -2.42. The molecule has 2 heterocycles. The van der Waals surface area contributed by atoms with Crippen LogP contribution in [0.25, 0.3) is 11.1 Å². The summed E-state index contributed by atoms with van der Waals surface area (Å²) in [6, 6.07) is 13.3. The molecule has 36 heavy (non-hydrogen) atoms. The van der Waals surface area contributed by atoms with Crippen molar-refractivity contribution in [1.29, 1.82) is 0 Å². The van der Waals surface area contributed by atoms with E-state index in [1.54, 1.807) is 24.3 Å². The molecule has 188 valence electrons. The van der Waals surface area contributed by atoms with Crippen molar-refractivity contribution in [3.05, 3.63) is 80.5 Å². The van der Waals surface area contributed by atoms with Crippen molar-refractivity contribution in [3.8, 4) is 11.1 Å². The number of halogens is 4. The maximum absolute atomic E-state index is 13.9. The van der Waals surface area contributed by atoms with Crippen LogP contribution in [-0.4, -0.2) is 42.3 Å². The van der Waals surface area contributed by atoms with Gasteiger partial charge in [-0.1, -0.05) is 46.9 Å². The third-order valence-electron chi connectivity index (χ3n) is 6.97. The second kappa shape index (κ2) is 10.6. The molecule has 3 aromatic rings. The van der Waals surface area contributed by atoms with E-state index in [9.17, 15) is 14.3 Å². The van der Waals surface area contributed by atoms with Crippen LogP contribution in [0.1, 0.15) is 29.9 Å². The summed E-state index contributed by atoms with van der Waals surface area (Å²) in [5.74, 6) is -0.167. The monoisotopic (exact) mass is 547 g/mol. The van der Waals surface area contributed by atoms with Gasteiger partial charge in [-0.05, 0) is 79.4 Å². The van der Waals surface area contributed by atoms with Gasteiger partial charge in [0.05, 0.1) is 33.0 Å². The third-order valence-corrected chi connectivity index (χ3v) is 7.89. The standard InChI is InChI=1S/C27H25Cl3FN3O2/c28-22-2-1-3-23(29)26(22)34-25-13-17(16-6-8-33(9-7-16)10-11-35)12-20(21(25)15-32-27(34)36)19-5-4-18(31)14-24(19)30/h1-5,12-14,16,35H,6-11,15H2,(H,32,36). The fourth-order valence-corrected chi connectivity index (χ4v) is 5.99. The van der Waals surface area contributed by atoms with Crippen molar-refractivity contribution < 1.29 is 14.3 Å². The molecule has 1 saturated heterocycles. The number of rotatable bonds is 5. The number of carbonyl (C=O) groups is 1. The third kappa shape index (κ3) is 4.81. The number of hydrogen-bond acceptors (Lipinski definition) is 3. The van der Waals surface area contributed by atoms with E-state index < -0.39 is 5.82 Å². The minimum atomic E-state index is -0.414. The average Bonchev–Trinajstić information content (AvgIpc) is 2.85. The molecule has 0 aliphatic carbocycles. The molecule has 5 rings (SSSR count). The van der Waals surface area contributed by atoms with E-state index in [0.717, 1.165) is 42.6 Å². The number of urea groups is 1. The molecule has 0 saturated carbocycles. The molecule has 0 bridgehead atoms. The topological polar surface area (TPSA) is 55.8 Å². The molecule has 0 atom stereocenters. The summed E-state index contributed by atoms with van der Waals surface area (Å²) in [7, 11) is 0. The van der Waals surface area contributed by atoms with Gasteiger partial charge in [0.25, 0.3) is 0 Å². The number of hydrogen-bond donors (Lipinski definition) is 2. The van der Waals surface area contributed by atoms with Gasteiger partial charge in [-0.2, -0.15) is 0 Å². The second-order valence-corrected chi connectivity index (χ2v) is 10.3. The largest absolute Gasteiger partial charge is 0.395 e. The Morgan fingerprint density at radius 3 is 2.36 bits per heavy atom. The number of fused-ring (bicyclic) bond motifs is 1. The van der Waals surface area contributed by atoms with Crippen LogP contribution in [0.2, 0.25) is 15.1 Å². The van der Waals surface area contributed by atoms with Crippen molar-refractivity contribution in [2.24, 2.45) is 0 Å². The molecule has 0 unspecified atom stereocenters. The van der Waals surface area contributed by atoms with Gasteiger partial charge in [-0.15, -0.1) is 0 Å². The molecular formula is C27H25Cl3FN3O2. The molecule has 0 radical (unpaired) electrons. The van der Waals surface area contributed by atoms with Crippen molar-refractivity contribution in [3.63, 3.8) is 0 Å². The Kier molecular flexibility index (Phi) is 7.42. The lowest BCUT2D eigenvalue weighted by Gasteiger charge is -2.35. The van der Waals surface area contributed by atoms with E-state index in [0.29, 0.717) is 38.6 Å². The first kappa shape index (κ1) is 25.3. The van der Waals surface area contributed by atoms with Gasteiger partial charge in [0.2, 0.25) is 0 Å². The summed E-state index contributed by atoms with van der Waals surface area (Å²) in [5.41, 5.74) is 4.52. The Labute approximate surface area is 224 Å². The summed E-state index contributed by atoms with van der Waals surface area (Å²) < 4.78 is 13.9. The van der Waals surface area contributed by atoms with E-state index in [1.165, 1.54) is 17.0 Å². The lowest BCUT2D eigenvalue weighted by molar-refractivity contribution is 0.164. The van der Waals surface area contributed by atoms with E-state index in [2.05, 4.69) is 16.3 Å². The molecule has 0 spiro atoms. The summed E-state index contributed by atoms with van der Waals surface area (Å²) in [4.78, 5) is 17.0. The van der Waals surface area contributed by atoms with E-state index in [1.807, 2.05) is 6.07 Å². The Morgan fingerprint density at radius 1 is 0.972 bits per heavy atom. The number of nitrogens with zero attached hydrogens (tertiary/aromatic N) is 2. The zero-order chi connectivity index (χ0) is 25.4. The summed E-state index contributed by atoms with van der Waals surface area (Å²) in [6.07, 6.45) is 1.82. The Balaban J connectivity index is 1.68. The van der Waals surface area contributed by atoms with Gasteiger partial charge < -0.3 is 15.3 Å². The van der Waals surface area contributed by atoms with Gasteiger partial charge in [0, 0.05) is 24.2 Å². The highest BCUT2D eigenvalue weighted by Gasteiger charge is 2.32. The summed E-state index contributed by atoms with van der Waals surface area (Å²) >= 11 is 19.6. The van der Waals surface area contributed by atoms with Crippen molar-refractivity contribution in [2.75, 3.05) is 31.1 Å². The predicted octanol–water partition coefficient (Wildman–Crippen LogP) is 6.99. The maximum atomic E-state index is 13.9. The first-order valence-electron chi connectivity index (χ1n) is 11.8. The highest BCUT2D eigenvalue weighted by molar-refractivity contribution is 6.40. The first-order valence-corrected chi connectivity index (χ1v) is 13.0. The average molecular weight is 549 g/mol. The van der Waals surface area contributed by atoms with Crippen LogP contribution < -0.4 is 10.2 Å². The number of benzene rings is 3. The second-order valence-electron chi connectivity index (χ2n) is 9.09. The molecule has 2 aliphatic heterocycles. The molecular weight excluding hydrogens is 524 g/mol. The normalized spacial score (nSPS) is 16.7. The fourth-order valence-electron chi connectivity index (χ4n) is 5.16.